The number of amides is 1. The van der Waals surface area contributed by atoms with Crippen LogP contribution in [0.5, 0.6) is 0 Å². The summed E-state index contributed by atoms with van der Waals surface area (Å²) in [6, 6.07) is -0.826. The Kier molecular flexibility index (Phi) is 61.1. The van der Waals surface area contributed by atoms with Gasteiger partial charge < -0.3 is 28.8 Å². The molecule has 0 aromatic rings. The molecule has 0 aliphatic rings. The highest BCUT2D eigenvalue weighted by Gasteiger charge is 2.24. The lowest BCUT2D eigenvalue weighted by Crippen LogP contribution is -2.46. The third kappa shape index (κ3) is 65.9. The monoisotopic (exact) mass is 1180 g/mol. The molecule has 0 bridgehead atoms. The Morgan fingerprint density at radius 3 is 1.06 bits per heavy atom. The summed E-state index contributed by atoms with van der Waals surface area (Å²) in [5.41, 5.74) is 0. The van der Waals surface area contributed by atoms with Crippen molar-refractivity contribution in [2.45, 2.75) is 283 Å². The van der Waals surface area contributed by atoms with Gasteiger partial charge in [-0.15, -0.1) is 0 Å². The zero-order valence-corrected chi connectivity index (χ0v) is 55.7. The zero-order chi connectivity index (χ0) is 61.2. The van der Waals surface area contributed by atoms with Gasteiger partial charge in [-0.25, -0.2) is 0 Å². The van der Waals surface area contributed by atoms with Gasteiger partial charge in [0.05, 0.1) is 39.9 Å². The number of hydrogen-bond acceptors (Lipinski definition) is 6. The van der Waals surface area contributed by atoms with Crippen LogP contribution in [0, 0.1) is 0 Å². The first-order valence-corrected chi connectivity index (χ1v) is 35.6. The summed E-state index contributed by atoms with van der Waals surface area (Å²) in [7, 11) is 1.27. The number of aliphatic hydroxyl groups excluding tert-OH is 1. The van der Waals surface area contributed by atoms with Crippen molar-refractivity contribution in [2.75, 3.05) is 40.9 Å². The van der Waals surface area contributed by atoms with Gasteiger partial charge in [0, 0.05) is 6.42 Å². The van der Waals surface area contributed by atoms with Crippen molar-refractivity contribution in [2.24, 2.45) is 0 Å². The first-order valence-electron chi connectivity index (χ1n) is 34.2. The maximum Gasteiger partial charge on any atom is 0.268 e. The van der Waals surface area contributed by atoms with E-state index in [1.54, 1.807) is 0 Å². The van der Waals surface area contributed by atoms with Gasteiger partial charge in [-0.05, 0) is 103 Å². The molecule has 480 valence electrons. The number of unbranched alkanes of at least 4 members (excludes halogenated alkanes) is 24. The van der Waals surface area contributed by atoms with E-state index in [0.717, 1.165) is 128 Å². The molecule has 0 aromatic carbocycles. The molecule has 3 unspecified atom stereocenters. The predicted molar refractivity (Wildman–Crippen MR) is 366 cm³/mol. The third-order valence-electron chi connectivity index (χ3n) is 14.6. The molecule has 8 nitrogen and oxygen atoms in total. The Labute approximate surface area is 519 Å². The number of phosphoric acid groups is 1. The molecule has 0 heterocycles. The van der Waals surface area contributed by atoms with Crippen LogP contribution in [-0.4, -0.2) is 68.5 Å². The van der Waals surface area contributed by atoms with Gasteiger partial charge in [-0.1, -0.05) is 307 Å². The van der Waals surface area contributed by atoms with Gasteiger partial charge in [0.15, 0.2) is 0 Å². The van der Waals surface area contributed by atoms with Crippen molar-refractivity contribution >= 4 is 13.7 Å². The zero-order valence-electron chi connectivity index (χ0n) is 54.8. The lowest BCUT2D eigenvalue weighted by molar-refractivity contribution is -0.870. The summed E-state index contributed by atoms with van der Waals surface area (Å²) in [4.78, 5) is 25.6. The molecule has 0 aliphatic heterocycles. The number of quaternary nitrogens is 1. The molecule has 3 atom stereocenters. The number of aliphatic hydroxyl groups is 1. The van der Waals surface area contributed by atoms with Crippen LogP contribution >= 0.6 is 7.82 Å². The number of hydrogen-bond donors (Lipinski definition) is 2. The van der Waals surface area contributed by atoms with E-state index >= 15 is 0 Å². The molecular formula is C75H129N2O6P. The van der Waals surface area contributed by atoms with E-state index in [4.69, 9.17) is 9.05 Å². The number of carbonyl (C=O) groups is 1. The summed E-state index contributed by atoms with van der Waals surface area (Å²) < 4.78 is 23.5. The van der Waals surface area contributed by atoms with E-state index in [-0.39, 0.29) is 19.1 Å². The van der Waals surface area contributed by atoms with E-state index in [1.807, 2.05) is 21.1 Å². The maximum absolute atomic E-state index is 13.0. The maximum atomic E-state index is 13.0. The van der Waals surface area contributed by atoms with Gasteiger partial charge in [0.2, 0.25) is 5.91 Å². The van der Waals surface area contributed by atoms with Crippen LogP contribution in [0.3, 0.4) is 0 Å². The van der Waals surface area contributed by atoms with Gasteiger partial charge in [0.1, 0.15) is 13.2 Å². The van der Waals surface area contributed by atoms with Crippen molar-refractivity contribution in [3.8, 4) is 0 Å². The average Bonchev–Trinajstić information content (AvgIpc) is 3.56. The van der Waals surface area contributed by atoms with Crippen LogP contribution in [0.4, 0.5) is 0 Å². The van der Waals surface area contributed by atoms with Crippen molar-refractivity contribution in [1.82, 2.24) is 5.32 Å². The highest BCUT2D eigenvalue weighted by Crippen LogP contribution is 2.38. The van der Waals surface area contributed by atoms with Crippen LogP contribution in [0.2, 0.25) is 0 Å². The number of phosphoric ester groups is 1. The minimum absolute atomic E-state index is 0.000117. The normalized spacial score (nSPS) is 14.6. The molecular weight excluding hydrogens is 1060 g/mol. The fraction of sp³-hybridized carbons (Fsp3) is 0.667. The summed E-state index contributed by atoms with van der Waals surface area (Å²) in [6.45, 7) is 4.59. The number of nitrogens with one attached hydrogen (secondary N) is 1. The standard InChI is InChI=1S/C75H129N2O6P/c1-6-8-10-12-14-16-18-20-22-24-26-28-29-30-31-32-33-34-35-36-37-38-39-40-41-42-43-44-45-46-47-49-51-53-55-57-59-61-63-65-67-69-75(79)76-73(72-83-84(80,81)82-71-70-77(3,4)5)74(78)68-66-64-62-60-58-56-54-52-50-48-27-25-23-21-19-17-15-13-11-9-7-2/h8,10,14,16,20,22,26,28,30-31,33-34,36-37,39-40,42-43,45-46,49,51,55,57,73-74,78H,6-7,9,11-13,15,17-19,21,23-25,27,29,32,35,38,41,44,47-48,50,52-54,56,58-72H2,1-5H3,(H-,76,79,80,81)/b10-8-,16-14-,22-20-,28-26-,31-30-,34-33-,37-36-,40-39-,43-42-,46-45-,51-49-,57-55-. The molecule has 0 radical (unpaired) electrons. The Morgan fingerprint density at radius 1 is 0.429 bits per heavy atom. The SMILES string of the molecule is CC/C=C\C/C=C\C/C=C\C/C=C\C/C=C\C/C=C\C/C=C\C/C=C\C/C=C\C/C=C\C/C=C\C/C=C\CCCCCCC(=O)NC(COP(=O)([O-])OCC[N+](C)(C)C)C(O)CCCCCCCCCCCCCCCCCCCCCCC. The Morgan fingerprint density at radius 2 is 0.726 bits per heavy atom. The van der Waals surface area contributed by atoms with Crippen molar-refractivity contribution in [1.29, 1.82) is 0 Å². The molecule has 0 saturated heterocycles. The molecule has 0 saturated carbocycles. The second-order valence-electron chi connectivity index (χ2n) is 23.8. The van der Waals surface area contributed by atoms with Crippen molar-refractivity contribution in [3.63, 3.8) is 0 Å². The van der Waals surface area contributed by atoms with Gasteiger partial charge in [0.25, 0.3) is 7.82 Å². The lowest BCUT2D eigenvalue weighted by atomic mass is 10.0. The fourth-order valence-corrected chi connectivity index (χ4v) is 10.0. The van der Waals surface area contributed by atoms with E-state index in [9.17, 15) is 19.4 Å². The molecule has 9 heteroatoms. The predicted octanol–water partition coefficient (Wildman–Crippen LogP) is 21.4. The summed E-state index contributed by atoms with van der Waals surface area (Å²) >= 11 is 0. The minimum atomic E-state index is -4.60. The molecule has 0 aromatic heterocycles. The van der Waals surface area contributed by atoms with E-state index in [2.05, 4.69) is 165 Å². The quantitative estimate of drug-likeness (QED) is 0.0272. The number of carbonyl (C=O) groups excluding carboxylic acids is 1. The molecule has 1 amide bonds. The van der Waals surface area contributed by atoms with Crippen LogP contribution in [0.15, 0.2) is 146 Å². The minimum Gasteiger partial charge on any atom is -0.756 e. The Balaban J connectivity index is 4.18. The second-order valence-corrected chi connectivity index (χ2v) is 25.2. The lowest BCUT2D eigenvalue weighted by Gasteiger charge is -2.30. The fourth-order valence-electron chi connectivity index (χ4n) is 9.32. The third-order valence-corrected chi connectivity index (χ3v) is 15.6. The number of nitrogens with zero attached hydrogens (tertiary/aromatic N) is 1. The van der Waals surface area contributed by atoms with Crippen LogP contribution in [-0.2, 0) is 18.4 Å². The van der Waals surface area contributed by atoms with Crippen molar-refractivity contribution in [3.05, 3.63) is 146 Å². The number of likely N-dealkylation sites (N-methyl/N-ethyl adjacent to an activating group) is 1. The first kappa shape index (κ1) is 80.4. The summed E-state index contributed by atoms with van der Waals surface area (Å²) in [5.74, 6) is -0.192. The number of allylic oxidation sites excluding steroid dienone is 24. The van der Waals surface area contributed by atoms with Gasteiger partial charge >= 0.3 is 0 Å². The van der Waals surface area contributed by atoms with Gasteiger partial charge in [-0.2, -0.15) is 0 Å². The second kappa shape index (κ2) is 63.9. The van der Waals surface area contributed by atoms with Crippen LogP contribution < -0.4 is 10.2 Å². The molecule has 0 rings (SSSR count). The molecule has 0 aliphatic carbocycles. The highest BCUT2D eigenvalue weighted by atomic mass is 31.2. The van der Waals surface area contributed by atoms with E-state index < -0.39 is 20.0 Å². The Hall–Kier alpha value is -3.62. The average molecular weight is 1190 g/mol. The van der Waals surface area contributed by atoms with Crippen molar-refractivity contribution < 1.29 is 32.9 Å². The highest BCUT2D eigenvalue weighted by molar-refractivity contribution is 7.45. The van der Waals surface area contributed by atoms with Crippen LogP contribution in [0.1, 0.15) is 271 Å². The Bertz CT molecular complexity index is 1880. The van der Waals surface area contributed by atoms with E-state index in [0.29, 0.717) is 23.9 Å². The largest absolute Gasteiger partial charge is 0.756 e. The van der Waals surface area contributed by atoms with Crippen LogP contribution in [0.25, 0.3) is 0 Å². The molecule has 0 spiro atoms. The summed E-state index contributed by atoms with van der Waals surface area (Å²) in [6.07, 6.45) is 97.6. The number of rotatable bonds is 61. The van der Waals surface area contributed by atoms with Gasteiger partial charge in [-0.3, -0.25) is 9.36 Å². The summed E-state index contributed by atoms with van der Waals surface area (Å²) in [5, 5.41) is 14.1. The molecule has 84 heavy (non-hydrogen) atoms. The smallest absolute Gasteiger partial charge is 0.268 e. The molecule has 0 fully saturated rings. The first-order chi connectivity index (χ1) is 41.0. The molecule has 2 N–H and O–H groups in total. The van der Waals surface area contributed by atoms with E-state index in [1.165, 1.54) is 116 Å². The topological polar surface area (TPSA) is 108 Å².